The quantitative estimate of drug-likeness (QED) is 0.671. The molecule has 0 fully saturated rings. The van der Waals surface area contributed by atoms with Crippen molar-refractivity contribution in [1.82, 2.24) is 4.98 Å². The van der Waals surface area contributed by atoms with Gasteiger partial charge in [0.05, 0.1) is 13.7 Å². The Morgan fingerprint density at radius 3 is 2.82 bits per heavy atom. The van der Waals surface area contributed by atoms with Gasteiger partial charge in [-0.3, -0.25) is 4.98 Å². The van der Waals surface area contributed by atoms with Crippen molar-refractivity contribution in [3.63, 3.8) is 0 Å². The Morgan fingerprint density at radius 2 is 2.14 bits per heavy atom. The molecule has 0 aliphatic rings. The third-order valence-corrected chi connectivity index (χ3v) is 3.60. The minimum atomic E-state index is 0. The molecular weight excluding hydrogens is 300 g/mol. The van der Waals surface area contributed by atoms with Crippen LogP contribution in [0, 0.1) is 0 Å². The van der Waals surface area contributed by atoms with Crippen LogP contribution in [0.1, 0.15) is 16.9 Å². The molecule has 1 aromatic carbocycles. The molecule has 5 heteroatoms. The van der Waals surface area contributed by atoms with Gasteiger partial charge >= 0.3 is 0 Å². The third-order valence-electron chi connectivity index (χ3n) is 3.60. The lowest BCUT2D eigenvalue weighted by Gasteiger charge is -2.02. The lowest BCUT2D eigenvalue weighted by Crippen LogP contribution is -3.00. The van der Waals surface area contributed by atoms with E-state index in [1.807, 2.05) is 30.5 Å². The first-order chi connectivity index (χ1) is 10.3. The first-order valence-corrected chi connectivity index (χ1v) is 7.08. The summed E-state index contributed by atoms with van der Waals surface area (Å²) in [6.07, 6.45) is 5.31. The SMILES string of the molecule is COc1ccc2oc(Cc3cccnc3)c(CC[NH3+])c2c1.[Cl-]. The minimum Gasteiger partial charge on any atom is -1.00 e. The second-order valence-corrected chi connectivity index (χ2v) is 5.01. The molecule has 22 heavy (non-hydrogen) atoms. The van der Waals surface area contributed by atoms with Crippen molar-refractivity contribution in [3.05, 3.63) is 59.6 Å². The summed E-state index contributed by atoms with van der Waals surface area (Å²) in [5.41, 5.74) is 7.25. The Balaban J connectivity index is 0.00000176. The summed E-state index contributed by atoms with van der Waals surface area (Å²) in [6, 6.07) is 9.94. The molecular formula is C17H19ClN2O2. The van der Waals surface area contributed by atoms with Crippen molar-refractivity contribution >= 4 is 11.0 Å². The molecule has 3 rings (SSSR count). The molecule has 4 nitrogen and oxygen atoms in total. The second kappa shape index (κ2) is 7.29. The molecule has 0 unspecified atom stereocenters. The van der Waals surface area contributed by atoms with Crippen LogP contribution in [0.25, 0.3) is 11.0 Å². The van der Waals surface area contributed by atoms with Gasteiger partial charge in [-0.1, -0.05) is 6.07 Å². The van der Waals surface area contributed by atoms with Crippen LogP contribution >= 0.6 is 0 Å². The van der Waals surface area contributed by atoms with Gasteiger partial charge in [0.15, 0.2) is 0 Å². The highest BCUT2D eigenvalue weighted by molar-refractivity contribution is 5.84. The largest absolute Gasteiger partial charge is 1.00 e. The molecule has 0 saturated carbocycles. The number of quaternary nitrogens is 1. The second-order valence-electron chi connectivity index (χ2n) is 5.01. The van der Waals surface area contributed by atoms with Crippen molar-refractivity contribution in [3.8, 4) is 5.75 Å². The highest BCUT2D eigenvalue weighted by Crippen LogP contribution is 2.30. The van der Waals surface area contributed by atoms with E-state index in [0.29, 0.717) is 0 Å². The zero-order valence-electron chi connectivity index (χ0n) is 12.5. The number of hydrogen-bond acceptors (Lipinski definition) is 3. The van der Waals surface area contributed by atoms with Gasteiger partial charge < -0.3 is 27.3 Å². The molecule has 0 atom stereocenters. The van der Waals surface area contributed by atoms with Gasteiger partial charge in [-0.25, -0.2) is 0 Å². The molecule has 2 heterocycles. The predicted molar refractivity (Wildman–Crippen MR) is 81.3 cm³/mol. The van der Waals surface area contributed by atoms with Crippen molar-refractivity contribution in [2.45, 2.75) is 12.8 Å². The topological polar surface area (TPSA) is 62.9 Å². The van der Waals surface area contributed by atoms with Gasteiger partial charge in [0.1, 0.15) is 17.1 Å². The number of halogens is 1. The Morgan fingerprint density at radius 1 is 1.27 bits per heavy atom. The van der Waals surface area contributed by atoms with Gasteiger partial charge in [0, 0.05) is 36.2 Å². The number of furan rings is 1. The third kappa shape index (κ3) is 3.24. The summed E-state index contributed by atoms with van der Waals surface area (Å²) in [7, 11) is 1.68. The first-order valence-electron chi connectivity index (χ1n) is 7.08. The molecule has 0 spiro atoms. The summed E-state index contributed by atoms with van der Waals surface area (Å²) < 4.78 is 11.4. The van der Waals surface area contributed by atoms with Gasteiger partial charge in [0.2, 0.25) is 0 Å². The fourth-order valence-corrected chi connectivity index (χ4v) is 2.59. The number of aromatic nitrogens is 1. The van der Waals surface area contributed by atoms with E-state index >= 15 is 0 Å². The predicted octanol–water partition coefficient (Wildman–Crippen LogP) is -0.784. The molecule has 3 aromatic rings. The van der Waals surface area contributed by atoms with E-state index < -0.39 is 0 Å². The van der Waals surface area contributed by atoms with Crippen LogP contribution in [-0.2, 0) is 12.8 Å². The number of ether oxygens (including phenoxy) is 1. The molecule has 0 bridgehead atoms. The standard InChI is InChI=1S/C17H18N2O2.ClH/c1-20-13-4-5-16-15(10-13)14(6-7-18)17(21-16)9-12-3-2-8-19-11-12;/h2-5,8,10-11H,6-7,9,18H2,1H3;1H. The number of methoxy groups -OCH3 is 1. The van der Waals surface area contributed by atoms with Crippen LogP contribution in [0.3, 0.4) is 0 Å². The molecule has 2 aromatic heterocycles. The number of pyridine rings is 1. The maximum Gasteiger partial charge on any atom is 0.134 e. The maximum atomic E-state index is 6.04. The maximum absolute atomic E-state index is 6.04. The highest BCUT2D eigenvalue weighted by Gasteiger charge is 2.15. The Kier molecular flexibility index (Phi) is 5.41. The van der Waals surface area contributed by atoms with Crippen LogP contribution < -0.4 is 22.9 Å². The average molecular weight is 319 g/mol. The minimum absolute atomic E-state index is 0. The van der Waals surface area contributed by atoms with E-state index in [2.05, 4.69) is 16.8 Å². The molecule has 116 valence electrons. The normalized spacial score (nSPS) is 10.5. The summed E-state index contributed by atoms with van der Waals surface area (Å²) >= 11 is 0. The van der Waals surface area contributed by atoms with E-state index in [1.54, 1.807) is 13.3 Å². The summed E-state index contributed by atoms with van der Waals surface area (Å²) in [5.74, 6) is 1.84. The molecule has 0 aliphatic heterocycles. The Bertz CT molecular complexity index is 741. The highest BCUT2D eigenvalue weighted by atomic mass is 35.5. The zero-order valence-corrected chi connectivity index (χ0v) is 13.3. The first kappa shape index (κ1) is 16.3. The molecule has 0 radical (unpaired) electrons. The van der Waals surface area contributed by atoms with Crippen LogP contribution in [0.4, 0.5) is 0 Å². The Hall–Kier alpha value is -2.04. The van der Waals surface area contributed by atoms with Gasteiger partial charge in [-0.2, -0.15) is 0 Å². The fourth-order valence-electron chi connectivity index (χ4n) is 2.59. The smallest absolute Gasteiger partial charge is 0.134 e. The monoisotopic (exact) mass is 318 g/mol. The number of nitrogens with zero attached hydrogens (tertiary/aromatic N) is 1. The van der Waals surface area contributed by atoms with Gasteiger partial charge in [-0.15, -0.1) is 0 Å². The van der Waals surface area contributed by atoms with E-state index in [4.69, 9.17) is 9.15 Å². The van der Waals surface area contributed by atoms with Crippen molar-refractivity contribution in [1.29, 1.82) is 0 Å². The molecule has 0 aliphatic carbocycles. The van der Waals surface area contributed by atoms with E-state index in [-0.39, 0.29) is 12.4 Å². The number of hydrogen-bond donors (Lipinski definition) is 1. The van der Waals surface area contributed by atoms with Crippen LogP contribution in [0.15, 0.2) is 47.1 Å². The Labute approximate surface area is 135 Å². The summed E-state index contributed by atoms with van der Waals surface area (Å²) in [4.78, 5) is 4.16. The summed E-state index contributed by atoms with van der Waals surface area (Å²) in [6.45, 7) is 0.839. The molecule has 3 N–H and O–H groups in total. The van der Waals surface area contributed by atoms with Crippen LogP contribution in [0.5, 0.6) is 5.75 Å². The van der Waals surface area contributed by atoms with Crippen LogP contribution in [-0.4, -0.2) is 18.6 Å². The van der Waals surface area contributed by atoms with Crippen LogP contribution in [0.2, 0.25) is 0 Å². The van der Waals surface area contributed by atoms with Gasteiger partial charge in [-0.05, 0) is 29.8 Å². The number of fused-ring (bicyclic) bond motifs is 1. The fraction of sp³-hybridized carbons (Fsp3) is 0.235. The lowest BCUT2D eigenvalue weighted by atomic mass is 10.0. The van der Waals surface area contributed by atoms with E-state index in [0.717, 1.165) is 47.4 Å². The lowest BCUT2D eigenvalue weighted by molar-refractivity contribution is -0.366. The number of benzene rings is 1. The van der Waals surface area contributed by atoms with Crippen molar-refractivity contribution in [2.75, 3.05) is 13.7 Å². The summed E-state index contributed by atoms with van der Waals surface area (Å²) in [5, 5.41) is 1.12. The van der Waals surface area contributed by atoms with Crippen molar-refractivity contribution in [2.24, 2.45) is 0 Å². The molecule has 0 amide bonds. The molecule has 0 saturated heterocycles. The van der Waals surface area contributed by atoms with E-state index in [9.17, 15) is 0 Å². The zero-order chi connectivity index (χ0) is 14.7. The van der Waals surface area contributed by atoms with Gasteiger partial charge in [0.25, 0.3) is 0 Å². The number of rotatable bonds is 5. The van der Waals surface area contributed by atoms with E-state index in [1.165, 1.54) is 5.56 Å². The average Bonchev–Trinajstić information content (AvgIpc) is 2.85. The van der Waals surface area contributed by atoms with Crippen molar-refractivity contribution < 1.29 is 27.3 Å².